The number of non-ortho nitro benzene ring substituents is 1. The Morgan fingerprint density at radius 3 is 2.71 bits per heavy atom. The van der Waals surface area contributed by atoms with Gasteiger partial charge in [-0.05, 0) is 23.8 Å². The van der Waals surface area contributed by atoms with Gasteiger partial charge in [-0.2, -0.15) is 0 Å². The van der Waals surface area contributed by atoms with Crippen LogP contribution in [-0.4, -0.2) is 30.1 Å². The Labute approximate surface area is 143 Å². The molecule has 3 rings (SSSR count). The Hall–Kier alpha value is -2.73. The molecule has 0 spiro atoms. The molecule has 0 N–H and O–H groups in total. The second-order valence-electron chi connectivity index (χ2n) is 5.38. The summed E-state index contributed by atoms with van der Waals surface area (Å²) in [7, 11) is 0. The number of benzodiazepines with no additional fused rings is 1. The van der Waals surface area contributed by atoms with Crippen molar-refractivity contribution in [3.8, 4) is 0 Å². The molecule has 0 fully saturated rings. The van der Waals surface area contributed by atoms with Gasteiger partial charge in [0.25, 0.3) is 5.69 Å². The van der Waals surface area contributed by atoms with Gasteiger partial charge in [-0.25, -0.2) is 0 Å². The average molecular weight is 344 g/mol. The van der Waals surface area contributed by atoms with Crippen LogP contribution in [0.5, 0.6) is 0 Å². The third kappa shape index (κ3) is 3.44. The van der Waals surface area contributed by atoms with Crippen molar-refractivity contribution in [2.45, 2.75) is 6.42 Å². The number of nitro groups is 1. The number of halogens is 1. The zero-order chi connectivity index (χ0) is 17.1. The van der Waals surface area contributed by atoms with E-state index in [2.05, 4.69) is 4.99 Å². The summed E-state index contributed by atoms with van der Waals surface area (Å²) in [6, 6.07) is 11.6. The highest BCUT2D eigenvalue weighted by molar-refractivity contribution is 6.30. The maximum atomic E-state index is 12.7. The van der Waals surface area contributed by atoms with Crippen molar-refractivity contribution < 1.29 is 9.72 Å². The maximum Gasteiger partial charge on any atom is 0.270 e. The van der Waals surface area contributed by atoms with Crippen LogP contribution < -0.4 is 4.90 Å². The molecule has 6 nitrogen and oxygen atoms in total. The Morgan fingerprint density at radius 2 is 2.00 bits per heavy atom. The van der Waals surface area contributed by atoms with Crippen LogP contribution in [0.3, 0.4) is 0 Å². The molecule has 0 atom stereocenters. The van der Waals surface area contributed by atoms with Crippen LogP contribution in [0.2, 0.25) is 5.02 Å². The lowest BCUT2D eigenvalue weighted by Crippen LogP contribution is -2.34. The van der Waals surface area contributed by atoms with E-state index in [4.69, 9.17) is 11.6 Å². The molecule has 1 aliphatic heterocycles. The summed E-state index contributed by atoms with van der Waals surface area (Å²) < 4.78 is 0. The van der Waals surface area contributed by atoms with Crippen molar-refractivity contribution in [2.75, 3.05) is 18.0 Å². The fourth-order valence-corrected chi connectivity index (χ4v) is 2.70. The Morgan fingerprint density at radius 1 is 1.25 bits per heavy atom. The van der Waals surface area contributed by atoms with Gasteiger partial charge in [0.2, 0.25) is 5.91 Å². The third-order valence-electron chi connectivity index (χ3n) is 3.77. The summed E-state index contributed by atoms with van der Waals surface area (Å²) in [6.07, 6.45) is 1.81. The van der Waals surface area contributed by atoms with Crippen LogP contribution in [0.1, 0.15) is 11.1 Å². The number of rotatable bonds is 3. The van der Waals surface area contributed by atoms with Gasteiger partial charge < -0.3 is 4.90 Å². The van der Waals surface area contributed by atoms with Gasteiger partial charge in [0.1, 0.15) is 0 Å². The number of anilines is 1. The SMILES string of the molecule is O=C(Cc1ccc(Cl)cc1)N1CCN=Cc2cc([N+](=O)[O-])ccc21. The molecule has 24 heavy (non-hydrogen) atoms. The van der Waals surface area contributed by atoms with Crippen LogP contribution in [-0.2, 0) is 11.2 Å². The summed E-state index contributed by atoms with van der Waals surface area (Å²) in [4.78, 5) is 29.0. The number of benzene rings is 2. The summed E-state index contributed by atoms with van der Waals surface area (Å²) in [5, 5.41) is 11.5. The van der Waals surface area contributed by atoms with E-state index in [1.54, 1.807) is 29.3 Å². The summed E-state index contributed by atoms with van der Waals surface area (Å²) in [5.74, 6) is -0.0853. The van der Waals surface area contributed by atoms with Crippen LogP contribution in [0, 0.1) is 10.1 Å². The molecule has 0 bridgehead atoms. The molecule has 0 saturated heterocycles. The molecule has 122 valence electrons. The first-order valence-corrected chi connectivity index (χ1v) is 7.75. The largest absolute Gasteiger partial charge is 0.310 e. The molecule has 7 heteroatoms. The Kier molecular flexibility index (Phi) is 4.57. The molecule has 0 unspecified atom stereocenters. The zero-order valence-electron chi connectivity index (χ0n) is 12.7. The van der Waals surface area contributed by atoms with E-state index in [0.29, 0.717) is 29.4 Å². The summed E-state index contributed by atoms with van der Waals surface area (Å²) in [6.45, 7) is 0.891. The number of carbonyl (C=O) groups is 1. The highest BCUT2D eigenvalue weighted by Gasteiger charge is 2.22. The minimum absolute atomic E-state index is 0.0211. The van der Waals surface area contributed by atoms with Gasteiger partial charge in [0, 0.05) is 35.5 Å². The van der Waals surface area contributed by atoms with Gasteiger partial charge >= 0.3 is 0 Å². The van der Waals surface area contributed by atoms with Crippen molar-refractivity contribution in [3.63, 3.8) is 0 Å². The monoisotopic (exact) mass is 343 g/mol. The van der Waals surface area contributed by atoms with Gasteiger partial charge in [0.05, 0.1) is 23.6 Å². The predicted octanol–water partition coefficient (Wildman–Crippen LogP) is 3.26. The molecule has 1 heterocycles. The summed E-state index contributed by atoms with van der Waals surface area (Å²) in [5.41, 5.74) is 2.05. The first-order valence-electron chi connectivity index (χ1n) is 7.37. The van der Waals surface area contributed by atoms with E-state index >= 15 is 0 Å². The lowest BCUT2D eigenvalue weighted by atomic mass is 10.1. The van der Waals surface area contributed by atoms with Crippen LogP contribution in [0.15, 0.2) is 47.5 Å². The molecular weight excluding hydrogens is 330 g/mol. The molecule has 2 aromatic carbocycles. The number of aliphatic imine (C=N–C) groups is 1. The van der Waals surface area contributed by atoms with E-state index in [-0.39, 0.29) is 18.0 Å². The number of hydrogen-bond acceptors (Lipinski definition) is 4. The normalized spacial score (nSPS) is 13.3. The molecule has 0 saturated carbocycles. The molecule has 1 aliphatic rings. The molecular formula is C17H14ClN3O3. The first-order chi connectivity index (χ1) is 11.5. The minimum atomic E-state index is -0.459. The van der Waals surface area contributed by atoms with Crippen LogP contribution in [0.4, 0.5) is 11.4 Å². The maximum absolute atomic E-state index is 12.7. The Bertz CT molecular complexity index is 818. The fourth-order valence-electron chi connectivity index (χ4n) is 2.58. The Balaban J connectivity index is 1.88. The van der Waals surface area contributed by atoms with Crippen molar-refractivity contribution in [1.82, 2.24) is 0 Å². The number of hydrogen-bond donors (Lipinski definition) is 0. The quantitative estimate of drug-likeness (QED) is 0.634. The van der Waals surface area contributed by atoms with Crippen LogP contribution >= 0.6 is 11.6 Å². The number of fused-ring (bicyclic) bond motifs is 1. The highest BCUT2D eigenvalue weighted by atomic mass is 35.5. The standard InChI is InChI=1S/C17H14ClN3O3/c18-14-3-1-12(2-4-14)9-17(22)20-8-7-19-11-13-10-15(21(23)24)5-6-16(13)20/h1-6,10-11H,7-9H2. The lowest BCUT2D eigenvalue weighted by molar-refractivity contribution is -0.384. The van der Waals surface area contributed by atoms with Crippen molar-refractivity contribution in [2.24, 2.45) is 4.99 Å². The molecule has 1 amide bonds. The van der Waals surface area contributed by atoms with E-state index < -0.39 is 4.92 Å². The van der Waals surface area contributed by atoms with E-state index in [1.165, 1.54) is 12.1 Å². The minimum Gasteiger partial charge on any atom is -0.310 e. The lowest BCUT2D eigenvalue weighted by Gasteiger charge is -2.22. The molecule has 0 radical (unpaired) electrons. The first kappa shape index (κ1) is 16.1. The highest BCUT2D eigenvalue weighted by Crippen LogP contribution is 2.26. The van der Waals surface area contributed by atoms with E-state index in [1.807, 2.05) is 12.1 Å². The molecule has 0 aliphatic carbocycles. The number of amides is 1. The molecule has 0 aromatic heterocycles. The van der Waals surface area contributed by atoms with Crippen molar-refractivity contribution in [3.05, 3.63) is 68.7 Å². The van der Waals surface area contributed by atoms with Gasteiger partial charge in [-0.3, -0.25) is 19.9 Å². The summed E-state index contributed by atoms with van der Waals surface area (Å²) >= 11 is 5.86. The second kappa shape index (κ2) is 6.80. The smallest absolute Gasteiger partial charge is 0.270 e. The van der Waals surface area contributed by atoms with Gasteiger partial charge in [0.15, 0.2) is 0 Å². The molecule has 2 aromatic rings. The third-order valence-corrected chi connectivity index (χ3v) is 4.02. The van der Waals surface area contributed by atoms with Gasteiger partial charge in [-0.15, -0.1) is 0 Å². The number of nitro benzene ring substituents is 1. The van der Waals surface area contributed by atoms with Crippen LogP contribution in [0.25, 0.3) is 0 Å². The van der Waals surface area contributed by atoms with Gasteiger partial charge in [-0.1, -0.05) is 23.7 Å². The fraction of sp³-hybridized carbons (Fsp3) is 0.176. The van der Waals surface area contributed by atoms with Crippen molar-refractivity contribution in [1.29, 1.82) is 0 Å². The number of nitrogens with zero attached hydrogens (tertiary/aromatic N) is 3. The average Bonchev–Trinajstić information content (AvgIpc) is 2.78. The second-order valence-corrected chi connectivity index (χ2v) is 5.82. The topological polar surface area (TPSA) is 75.8 Å². The van der Waals surface area contributed by atoms with Crippen molar-refractivity contribution >= 4 is 35.1 Å². The number of carbonyl (C=O) groups excluding carboxylic acids is 1. The predicted molar refractivity (Wildman–Crippen MR) is 93.1 cm³/mol. The van der Waals surface area contributed by atoms with E-state index in [9.17, 15) is 14.9 Å². The zero-order valence-corrected chi connectivity index (χ0v) is 13.4. The van der Waals surface area contributed by atoms with E-state index in [0.717, 1.165) is 5.56 Å².